The second kappa shape index (κ2) is 2.76. The molecule has 0 aliphatic carbocycles. The van der Waals surface area contributed by atoms with Gasteiger partial charge in [-0.3, -0.25) is 9.69 Å². The third-order valence-electron chi connectivity index (χ3n) is 1.85. The monoisotopic (exact) mass is 145 g/mol. The lowest BCUT2D eigenvalue weighted by Gasteiger charge is -2.14. The highest BCUT2D eigenvalue weighted by Gasteiger charge is 2.24. The zero-order valence-corrected chi connectivity index (χ0v) is 6.79. The van der Waals surface area contributed by atoms with E-state index < -0.39 is 0 Å². The van der Waals surface area contributed by atoms with Crippen LogP contribution in [-0.2, 0) is 4.79 Å². The molecule has 1 heterocycles. The van der Waals surface area contributed by atoms with Crippen LogP contribution in [-0.4, -0.2) is 30.1 Å². The van der Waals surface area contributed by atoms with Gasteiger partial charge in [-0.1, -0.05) is 9.24 Å². The van der Waals surface area contributed by atoms with Crippen LogP contribution in [0.15, 0.2) is 0 Å². The van der Waals surface area contributed by atoms with Crippen LogP contribution in [0.25, 0.3) is 0 Å². The van der Waals surface area contributed by atoms with Crippen molar-refractivity contribution in [2.24, 2.45) is 0 Å². The Morgan fingerprint density at radius 3 is 2.67 bits per heavy atom. The fourth-order valence-electron chi connectivity index (χ4n) is 1.27. The molecule has 2 atom stereocenters. The van der Waals surface area contributed by atoms with Crippen LogP contribution in [0.2, 0.25) is 0 Å². The van der Waals surface area contributed by atoms with Crippen LogP contribution in [0.1, 0.15) is 12.8 Å². The maximum atomic E-state index is 10.8. The molecule has 0 radical (unpaired) electrons. The van der Waals surface area contributed by atoms with Crippen molar-refractivity contribution in [1.29, 1.82) is 0 Å². The standard InChI is InChI=1S/C6H12NOP/c1-7-4-2-3-5(7)6(8)9/h5H,2-4,9H2,1H3/t5-/m1/s1. The number of hydrogen-bond acceptors (Lipinski definition) is 2. The maximum Gasteiger partial charge on any atom is 0.165 e. The first kappa shape index (κ1) is 7.17. The minimum atomic E-state index is 0.190. The van der Waals surface area contributed by atoms with Gasteiger partial charge in [0, 0.05) is 0 Å². The predicted molar refractivity (Wildman–Crippen MR) is 40.4 cm³/mol. The lowest BCUT2D eigenvalue weighted by molar-refractivity contribution is -0.114. The number of nitrogens with zero attached hydrogens (tertiary/aromatic N) is 1. The third-order valence-corrected chi connectivity index (χ3v) is 2.23. The van der Waals surface area contributed by atoms with E-state index in [-0.39, 0.29) is 11.6 Å². The number of hydrogen-bond donors (Lipinski definition) is 0. The van der Waals surface area contributed by atoms with E-state index in [9.17, 15) is 4.79 Å². The van der Waals surface area contributed by atoms with Crippen molar-refractivity contribution in [2.45, 2.75) is 18.9 Å². The van der Waals surface area contributed by atoms with Gasteiger partial charge in [0.15, 0.2) is 5.52 Å². The van der Waals surface area contributed by atoms with Gasteiger partial charge in [-0.2, -0.15) is 0 Å². The number of carbonyl (C=O) groups is 1. The zero-order valence-electron chi connectivity index (χ0n) is 5.63. The molecule has 1 rings (SSSR count). The number of rotatable bonds is 1. The molecule has 9 heavy (non-hydrogen) atoms. The number of likely N-dealkylation sites (tertiary alicyclic amines) is 1. The van der Waals surface area contributed by atoms with Gasteiger partial charge in [-0.05, 0) is 26.4 Å². The summed E-state index contributed by atoms with van der Waals surface area (Å²) < 4.78 is 0. The number of carbonyl (C=O) groups excluding carboxylic acids is 1. The van der Waals surface area contributed by atoms with E-state index >= 15 is 0 Å². The highest BCUT2D eigenvalue weighted by Crippen LogP contribution is 2.17. The van der Waals surface area contributed by atoms with Crippen molar-refractivity contribution in [1.82, 2.24) is 4.90 Å². The molecule has 0 amide bonds. The third kappa shape index (κ3) is 1.50. The Labute approximate surface area is 57.8 Å². The highest BCUT2D eigenvalue weighted by atomic mass is 31.0. The smallest absolute Gasteiger partial charge is 0.165 e. The Balaban J connectivity index is 2.49. The van der Waals surface area contributed by atoms with E-state index in [0.717, 1.165) is 13.0 Å². The summed E-state index contributed by atoms with van der Waals surface area (Å²) in [7, 11) is 4.25. The van der Waals surface area contributed by atoms with E-state index in [1.54, 1.807) is 0 Å². The van der Waals surface area contributed by atoms with Crippen molar-refractivity contribution in [3.05, 3.63) is 0 Å². The molecule has 3 heteroatoms. The van der Waals surface area contributed by atoms with Crippen molar-refractivity contribution in [2.75, 3.05) is 13.6 Å². The van der Waals surface area contributed by atoms with Crippen LogP contribution in [0, 0.1) is 0 Å². The SMILES string of the molecule is CN1CCC[C@@H]1C(=O)P. The second-order valence-electron chi connectivity index (χ2n) is 2.54. The van der Waals surface area contributed by atoms with Gasteiger partial charge in [0.05, 0.1) is 6.04 Å². The molecule has 1 aliphatic rings. The van der Waals surface area contributed by atoms with Crippen LogP contribution in [0.3, 0.4) is 0 Å². The van der Waals surface area contributed by atoms with Crippen molar-refractivity contribution >= 4 is 14.8 Å². The highest BCUT2D eigenvalue weighted by molar-refractivity contribution is 7.40. The summed E-state index contributed by atoms with van der Waals surface area (Å²) in [6.45, 7) is 1.07. The van der Waals surface area contributed by atoms with Crippen LogP contribution in [0.5, 0.6) is 0 Å². The topological polar surface area (TPSA) is 20.3 Å². The molecule has 0 saturated carbocycles. The molecule has 1 fully saturated rings. The molecular formula is C6H12NOP. The molecule has 2 nitrogen and oxygen atoms in total. The summed E-state index contributed by atoms with van der Waals surface area (Å²) in [6, 6.07) is 0.190. The lowest BCUT2D eigenvalue weighted by Crippen LogP contribution is -2.29. The average molecular weight is 145 g/mol. The first-order chi connectivity index (χ1) is 4.22. The Bertz CT molecular complexity index is 126. The summed E-state index contributed by atoms with van der Waals surface area (Å²) in [6.07, 6.45) is 2.21. The summed E-state index contributed by atoms with van der Waals surface area (Å²) in [5.41, 5.74) is 0.231. The van der Waals surface area contributed by atoms with Crippen LogP contribution in [0.4, 0.5) is 0 Å². The zero-order chi connectivity index (χ0) is 6.85. The van der Waals surface area contributed by atoms with Gasteiger partial charge in [-0.15, -0.1) is 0 Å². The van der Waals surface area contributed by atoms with E-state index in [1.807, 2.05) is 7.05 Å². The van der Waals surface area contributed by atoms with E-state index in [2.05, 4.69) is 14.1 Å². The molecule has 0 aromatic heterocycles. The first-order valence-electron chi connectivity index (χ1n) is 3.21. The van der Waals surface area contributed by atoms with Gasteiger partial charge in [0.1, 0.15) is 0 Å². The second-order valence-corrected chi connectivity index (χ2v) is 3.11. The Morgan fingerprint density at radius 1 is 1.78 bits per heavy atom. The van der Waals surface area contributed by atoms with Gasteiger partial charge in [-0.25, -0.2) is 0 Å². The van der Waals surface area contributed by atoms with Gasteiger partial charge >= 0.3 is 0 Å². The predicted octanol–water partition coefficient (Wildman–Crippen LogP) is 0.482. The average Bonchev–Trinajstić information content (AvgIpc) is 2.13. The number of likely N-dealkylation sites (N-methyl/N-ethyl adjacent to an activating group) is 1. The normalized spacial score (nSPS) is 28.9. The molecule has 0 aromatic carbocycles. The fraction of sp³-hybridized carbons (Fsp3) is 0.833. The largest absolute Gasteiger partial charge is 0.296 e. The molecule has 0 bridgehead atoms. The van der Waals surface area contributed by atoms with Gasteiger partial charge in [0.25, 0.3) is 0 Å². The molecule has 0 N–H and O–H groups in total. The lowest BCUT2D eigenvalue weighted by atomic mass is 10.2. The van der Waals surface area contributed by atoms with Crippen LogP contribution < -0.4 is 0 Å². The minimum Gasteiger partial charge on any atom is -0.296 e. The summed E-state index contributed by atoms with van der Waals surface area (Å²) >= 11 is 0. The molecule has 1 unspecified atom stereocenters. The molecule has 52 valence electrons. The van der Waals surface area contributed by atoms with Gasteiger partial charge in [0.2, 0.25) is 0 Å². The van der Waals surface area contributed by atoms with E-state index in [1.165, 1.54) is 6.42 Å². The summed E-state index contributed by atoms with van der Waals surface area (Å²) in [5.74, 6) is 0. The fourth-order valence-corrected chi connectivity index (χ4v) is 1.69. The van der Waals surface area contributed by atoms with E-state index in [4.69, 9.17) is 0 Å². The quantitative estimate of drug-likeness (QED) is 0.500. The van der Waals surface area contributed by atoms with Crippen molar-refractivity contribution in [3.63, 3.8) is 0 Å². The Kier molecular flexibility index (Phi) is 2.20. The van der Waals surface area contributed by atoms with Crippen molar-refractivity contribution in [3.8, 4) is 0 Å². The van der Waals surface area contributed by atoms with Crippen molar-refractivity contribution < 1.29 is 4.79 Å². The molecule has 1 aliphatic heterocycles. The Hall–Kier alpha value is 0.0600. The Morgan fingerprint density at radius 2 is 2.44 bits per heavy atom. The minimum absolute atomic E-state index is 0.190. The molecule has 0 spiro atoms. The molecule has 1 saturated heterocycles. The van der Waals surface area contributed by atoms with Crippen LogP contribution >= 0.6 is 9.24 Å². The van der Waals surface area contributed by atoms with Gasteiger partial charge < -0.3 is 0 Å². The summed E-state index contributed by atoms with van der Waals surface area (Å²) in [5, 5.41) is 0. The first-order valence-corrected chi connectivity index (χ1v) is 3.79. The maximum absolute atomic E-state index is 10.8. The summed E-state index contributed by atoms with van der Waals surface area (Å²) in [4.78, 5) is 12.9. The molecule has 0 aromatic rings. The molecular weight excluding hydrogens is 133 g/mol. The van der Waals surface area contributed by atoms with E-state index in [0.29, 0.717) is 0 Å².